The molecule has 134 valence electrons. The van der Waals surface area contributed by atoms with Crippen LogP contribution in [0.4, 0.5) is 4.39 Å². The van der Waals surface area contributed by atoms with Gasteiger partial charge in [0, 0.05) is 35.3 Å². The Bertz CT molecular complexity index is 989. The molecule has 27 heavy (non-hydrogen) atoms. The van der Waals surface area contributed by atoms with Crippen LogP contribution in [0, 0.1) is 17.1 Å². The van der Waals surface area contributed by atoms with Crippen LogP contribution < -0.4 is 5.43 Å². The molecule has 0 saturated heterocycles. The predicted molar refractivity (Wildman–Crippen MR) is 97.1 cm³/mol. The highest BCUT2D eigenvalue weighted by molar-refractivity contribution is 5.95. The molecule has 0 saturated carbocycles. The smallest absolute Gasteiger partial charge is 0.270 e. The molecule has 8 heteroatoms. The van der Waals surface area contributed by atoms with Crippen LogP contribution in [0.1, 0.15) is 22.3 Å². The number of aromatic nitrogens is 3. The highest BCUT2D eigenvalue weighted by atomic mass is 19.1. The number of halogens is 1. The van der Waals surface area contributed by atoms with E-state index in [1.54, 1.807) is 35.1 Å². The van der Waals surface area contributed by atoms with Gasteiger partial charge >= 0.3 is 0 Å². The number of nitriles is 1. The Morgan fingerprint density at radius 1 is 1.26 bits per heavy atom. The van der Waals surface area contributed by atoms with E-state index in [-0.39, 0.29) is 11.7 Å². The predicted octanol–water partition coefficient (Wildman–Crippen LogP) is 2.76. The van der Waals surface area contributed by atoms with Crippen LogP contribution in [0.5, 0.6) is 0 Å². The summed E-state index contributed by atoms with van der Waals surface area (Å²) < 4.78 is 14.8. The van der Waals surface area contributed by atoms with Crippen molar-refractivity contribution in [3.05, 3.63) is 71.9 Å². The Kier molecular flexibility index (Phi) is 5.64. The summed E-state index contributed by atoms with van der Waals surface area (Å²) in [7, 11) is 0. The Labute approximate surface area is 154 Å². The lowest BCUT2D eigenvalue weighted by molar-refractivity contribution is 0.0955. The van der Waals surface area contributed by atoms with Crippen LogP contribution >= 0.6 is 0 Å². The first-order valence-corrected chi connectivity index (χ1v) is 8.11. The SMILES string of the molecule is N#CCCn1cc(/C=N\NC(=O)c2ccncc2)c(-c2ccc(F)cc2)n1. The van der Waals surface area contributed by atoms with Gasteiger partial charge in [-0.2, -0.15) is 15.5 Å². The molecule has 0 atom stereocenters. The molecule has 1 N–H and O–H groups in total. The molecular weight excluding hydrogens is 347 g/mol. The topological polar surface area (TPSA) is 96.0 Å². The third-order valence-electron chi connectivity index (χ3n) is 3.67. The van der Waals surface area contributed by atoms with Crippen molar-refractivity contribution in [2.75, 3.05) is 0 Å². The summed E-state index contributed by atoms with van der Waals surface area (Å²) in [4.78, 5) is 15.9. The molecule has 1 amide bonds. The monoisotopic (exact) mass is 362 g/mol. The maximum Gasteiger partial charge on any atom is 0.271 e. The minimum absolute atomic E-state index is 0.305. The van der Waals surface area contributed by atoms with Crippen LogP contribution in [0.15, 0.2) is 60.1 Å². The fourth-order valence-corrected chi connectivity index (χ4v) is 2.37. The molecule has 1 aromatic carbocycles. The normalized spacial score (nSPS) is 10.7. The zero-order chi connectivity index (χ0) is 19.1. The number of hydrazone groups is 1. The number of hydrogen-bond acceptors (Lipinski definition) is 5. The van der Waals surface area contributed by atoms with E-state index in [1.165, 1.54) is 30.7 Å². The van der Waals surface area contributed by atoms with Crippen molar-refractivity contribution < 1.29 is 9.18 Å². The first kappa shape index (κ1) is 17.9. The number of benzene rings is 1. The molecule has 2 heterocycles. The zero-order valence-electron chi connectivity index (χ0n) is 14.2. The first-order valence-electron chi connectivity index (χ1n) is 8.11. The molecule has 2 aromatic heterocycles. The van der Waals surface area contributed by atoms with Gasteiger partial charge in [0.25, 0.3) is 5.91 Å². The van der Waals surface area contributed by atoms with Crippen molar-refractivity contribution in [2.45, 2.75) is 13.0 Å². The van der Waals surface area contributed by atoms with E-state index in [0.717, 1.165) is 0 Å². The van der Waals surface area contributed by atoms with Gasteiger partial charge in [-0.1, -0.05) is 0 Å². The first-order chi connectivity index (χ1) is 13.2. The van der Waals surface area contributed by atoms with Gasteiger partial charge in [-0.05, 0) is 36.4 Å². The summed E-state index contributed by atoms with van der Waals surface area (Å²) >= 11 is 0. The minimum Gasteiger partial charge on any atom is -0.270 e. The second kappa shape index (κ2) is 8.49. The van der Waals surface area contributed by atoms with Crippen molar-refractivity contribution in [3.63, 3.8) is 0 Å². The standard InChI is InChI=1S/C19H15FN6O/c20-17-4-2-14(3-5-17)18-16(13-26(25-18)11-1-8-21)12-23-24-19(27)15-6-9-22-10-7-15/h2-7,9-10,12-13H,1,11H2,(H,24,27)/b23-12-. The number of carbonyl (C=O) groups excluding carboxylic acids is 1. The van der Waals surface area contributed by atoms with Gasteiger partial charge in [0.15, 0.2) is 0 Å². The van der Waals surface area contributed by atoms with E-state index < -0.39 is 0 Å². The zero-order valence-corrected chi connectivity index (χ0v) is 14.2. The van der Waals surface area contributed by atoms with Crippen molar-refractivity contribution in [1.82, 2.24) is 20.2 Å². The van der Waals surface area contributed by atoms with Gasteiger partial charge in [0.1, 0.15) is 11.5 Å². The summed E-state index contributed by atoms with van der Waals surface area (Å²) in [6.45, 7) is 0.419. The molecule has 0 aliphatic heterocycles. The third-order valence-corrected chi connectivity index (χ3v) is 3.67. The van der Waals surface area contributed by atoms with Crippen molar-refractivity contribution >= 4 is 12.1 Å². The number of aryl methyl sites for hydroxylation is 1. The molecule has 0 fully saturated rings. The van der Waals surface area contributed by atoms with Crippen LogP contribution in [-0.4, -0.2) is 26.9 Å². The van der Waals surface area contributed by atoms with E-state index in [0.29, 0.717) is 35.3 Å². The maximum atomic E-state index is 13.2. The van der Waals surface area contributed by atoms with Gasteiger partial charge in [0.05, 0.1) is 25.2 Å². The Morgan fingerprint density at radius 2 is 2.00 bits per heavy atom. The number of hydrogen-bond donors (Lipinski definition) is 1. The van der Waals surface area contributed by atoms with E-state index in [4.69, 9.17) is 5.26 Å². The molecule has 3 aromatic rings. The Morgan fingerprint density at radius 3 is 2.70 bits per heavy atom. The minimum atomic E-state index is -0.367. The lowest BCUT2D eigenvalue weighted by Crippen LogP contribution is -2.17. The largest absolute Gasteiger partial charge is 0.271 e. The summed E-state index contributed by atoms with van der Waals surface area (Å²) in [5.41, 5.74) is 4.79. The lowest BCUT2D eigenvalue weighted by atomic mass is 10.1. The molecular formula is C19H15FN6O. The Hall–Kier alpha value is -3.86. The van der Waals surface area contributed by atoms with E-state index in [2.05, 4.69) is 26.7 Å². The molecule has 7 nitrogen and oxygen atoms in total. The van der Waals surface area contributed by atoms with Crippen LogP contribution in [-0.2, 0) is 6.54 Å². The van der Waals surface area contributed by atoms with Gasteiger partial charge < -0.3 is 0 Å². The number of carbonyl (C=O) groups is 1. The van der Waals surface area contributed by atoms with E-state index in [1.807, 2.05) is 0 Å². The van der Waals surface area contributed by atoms with Crippen LogP contribution in [0.2, 0.25) is 0 Å². The number of nitrogens with one attached hydrogen (secondary N) is 1. The van der Waals surface area contributed by atoms with Crippen molar-refractivity contribution in [3.8, 4) is 17.3 Å². The summed E-state index contributed by atoms with van der Waals surface area (Å²) in [6, 6.07) is 11.1. The van der Waals surface area contributed by atoms with Crippen molar-refractivity contribution in [2.24, 2.45) is 5.10 Å². The second-order valence-electron chi connectivity index (χ2n) is 5.55. The average molecular weight is 362 g/mol. The number of pyridine rings is 1. The number of nitrogens with zero attached hydrogens (tertiary/aromatic N) is 5. The average Bonchev–Trinajstić information content (AvgIpc) is 3.10. The van der Waals surface area contributed by atoms with Gasteiger partial charge in [0.2, 0.25) is 0 Å². The third kappa shape index (κ3) is 4.61. The fraction of sp³-hybridized carbons (Fsp3) is 0.105. The van der Waals surface area contributed by atoms with E-state index in [9.17, 15) is 9.18 Å². The fourth-order valence-electron chi connectivity index (χ4n) is 2.37. The van der Waals surface area contributed by atoms with Gasteiger partial charge in [-0.25, -0.2) is 9.82 Å². The molecule has 0 radical (unpaired) electrons. The number of rotatable bonds is 6. The summed E-state index contributed by atoms with van der Waals surface area (Å²) in [5.74, 6) is -0.712. The van der Waals surface area contributed by atoms with Crippen LogP contribution in [0.3, 0.4) is 0 Å². The lowest BCUT2D eigenvalue weighted by Gasteiger charge is -2.00. The molecule has 3 rings (SSSR count). The summed E-state index contributed by atoms with van der Waals surface area (Å²) in [6.07, 6.45) is 6.53. The molecule has 0 spiro atoms. The quantitative estimate of drug-likeness (QED) is 0.539. The van der Waals surface area contributed by atoms with Crippen LogP contribution in [0.25, 0.3) is 11.3 Å². The highest BCUT2D eigenvalue weighted by Gasteiger charge is 2.10. The van der Waals surface area contributed by atoms with Gasteiger partial charge in [-0.3, -0.25) is 14.5 Å². The van der Waals surface area contributed by atoms with E-state index >= 15 is 0 Å². The number of amides is 1. The molecule has 0 aliphatic carbocycles. The van der Waals surface area contributed by atoms with Gasteiger partial charge in [-0.15, -0.1) is 0 Å². The summed E-state index contributed by atoms with van der Waals surface area (Å²) in [5, 5.41) is 17.2. The molecule has 0 aliphatic rings. The maximum absolute atomic E-state index is 13.2. The molecule has 0 bridgehead atoms. The van der Waals surface area contributed by atoms with Crippen molar-refractivity contribution in [1.29, 1.82) is 5.26 Å². The Balaban J connectivity index is 1.82. The highest BCUT2D eigenvalue weighted by Crippen LogP contribution is 2.21. The molecule has 0 unspecified atom stereocenters. The second-order valence-corrected chi connectivity index (χ2v) is 5.55.